The second-order valence-electron chi connectivity index (χ2n) is 7.05. The van der Waals surface area contributed by atoms with E-state index in [1.54, 1.807) is 0 Å². The van der Waals surface area contributed by atoms with Crippen LogP contribution < -0.4 is 0 Å². The maximum atomic E-state index is 10.9. The Balaban J connectivity index is 2.26. The average Bonchev–Trinajstić information content (AvgIpc) is 2.51. The maximum Gasteiger partial charge on any atom is 0.469 e. The number of hydrogen-bond acceptors (Lipinski definition) is 3. The van der Waals surface area contributed by atoms with Gasteiger partial charge in [0.1, 0.15) is 12.6 Å². The lowest BCUT2D eigenvalue weighted by Crippen LogP contribution is -2.47. The third kappa shape index (κ3) is 9.90. The van der Waals surface area contributed by atoms with E-state index in [1.165, 1.54) is 0 Å². The standard InChI is InChI=1S/C18H30NO5P/c1-5-16-9-11-17(12-10-16)14-23-13-7-6-8-18(19(2,3)4)15-24-25(20,21)22/h5,9-12,18H,1,6-8,13-15H2,2-4H3,(H-,20,21,22)/p+1. The van der Waals surface area contributed by atoms with Crippen LogP contribution in [0.1, 0.15) is 30.4 Å². The molecule has 0 spiro atoms. The number of nitrogens with zero attached hydrogens (tertiary/aromatic N) is 1. The number of rotatable bonds is 12. The van der Waals surface area contributed by atoms with Crippen LogP contribution in [0.3, 0.4) is 0 Å². The maximum absolute atomic E-state index is 10.9. The van der Waals surface area contributed by atoms with Crippen LogP contribution in [0.2, 0.25) is 0 Å². The molecule has 0 amide bonds. The Kier molecular flexibility index (Phi) is 9.00. The molecule has 0 aliphatic heterocycles. The highest BCUT2D eigenvalue weighted by atomic mass is 31.2. The summed E-state index contributed by atoms with van der Waals surface area (Å²) in [5.74, 6) is 0. The van der Waals surface area contributed by atoms with Crippen molar-refractivity contribution in [1.82, 2.24) is 0 Å². The molecule has 1 atom stereocenters. The first-order chi connectivity index (χ1) is 11.6. The first-order valence-corrected chi connectivity index (χ1v) is 9.95. The number of quaternary nitrogens is 1. The first kappa shape index (κ1) is 22.0. The van der Waals surface area contributed by atoms with Crippen molar-refractivity contribution in [2.45, 2.75) is 31.9 Å². The van der Waals surface area contributed by atoms with Crippen LogP contribution in [-0.2, 0) is 20.4 Å². The lowest BCUT2D eigenvalue weighted by atomic mass is 10.1. The lowest BCUT2D eigenvalue weighted by Gasteiger charge is -2.34. The van der Waals surface area contributed by atoms with Gasteiger partial charge >= 0.3 is 7.82 Å². The summed E-state index contributed by atoms with van der Waals surface area (Å²) in [6.45, 7) is 5.02. The quantitative estimate of drug-likeness (QED) is 0.335. The number of phosphoric acid groups is 1. The van der Waals surface area contributed by atoms with E-state index < -0.39 is 7.82 Å². The van der Waals surface area contributed by atoms with Crippen molar-refractivity contribution in [1.29, 1.82) is 0 Å². The second kappa shape index (κ2) is 10.2. The summed E-state index contributed by atoms with van der Waals surface area (Å²) in [6, 6.07) is 8.11. The molecule has 1 aromatic rings. The Morgan fingerprint density at radius 3 is 2.36 bits per heavy atom. The molecule has 142 valence electrons. The monoisotopic (exact) mass is 372 g/mol. The molecule has 0 bridgehead atoms. The van der Waals surface area contributed by atoms with E-state index in [2.05, 4.69) is 11.1 Å². The van der Waals surface area contributed by atoms with Crippen LogP contribution in [0.25, 0.3) is 6.08 Å². The molecular formula is C18H31NO5P+. The van der Waals surface area contributed by atoms with E-state index in [4.69, 9.17) is 14.5 Å². The highest BCUT2D eigenvalue weighted by molar-refractivity contribution is 7.46. The number of ether oxygens (including phenoxy) is 1. The van der Waals surface area contributed by atoms with Gasteiger partial charge in [-0.25, -0.2) is 4.57 Å². The Labute approximate surface area is 150 Å². The number of benzene rings is 1. The van der Waals surface area contributed by atoms with Crippen LogP contribution in [-0.4, -0.2) is 54.7 Å². The van der Waals surface area contributed by atoms with Gasteiger partial charge in [-0.3, -0.25) is 4.52 Å². The summed E-state index contributed by atoms with van der Waals surface area (Å²) in [6.07, 6.45) is 4.45. The van der Waals surface area contributed by atoms with Crippen LogP contribution >= 0.6 is 7.82 Å². The fourth-order valence-corrected chi connectivity index (χ4v) is 2.77. The van der Waals surface area contributed by atoms with E-state index in [-0.39, 0.29) is 12.6 Å². The molecule has 0 heterocycles. The molecule has 0 aliphatic carbocycles. The Bertz CT molecular complexity index is 562. The molecule has 1 unspecified atom stereocenters. The number of likely N-dealkylation sites (N-methyl/N-ethyl adjacent to an activating group) is 1. The molecule has 7 heteroatoms. The SMILES string of the molecule is C=Cc1ccc(COCCCCC(COP(=O)(O)O)[N+](C)(C)C)cc1. The minimum absolute atomic E-state index is 0.0269. The van der Waals surface area contributed by atoms with Crippen LogP contribution in [0.15, 0.2) is 30.8 Å². The van der Waals surface area contributed by atoms with Gasteiger partial charge in [-0.15, -0.1) is 0 Å². The summed E-state index contributed by atoms with van der Waals surface area (Å²) in [5.41, 5.74) is 2.22. The summed E-state index contributed by atoms with van der Waals surface area (Å²) >= 11 is 0. The minimum atomic E-state index is -4.42. The molecule has 0 saturated carbocycles. The molecule has 1 aromatic carbocycles. The molecule has 2 N–H and O–H groups in total. The topological polar surface area (TPSA) is 76.0 Å². The van der Waals surface area contributed by atoms with Gasteiger partial charge in [-0.1, -0.05) is 36.9 Å². The predicted octanol–water partition coefficient (Wildman–Crippen LogP) is 3.20. The zero-order valence-electron chi connectivity index (χ0n) is 15.4. The van der Waals surface area contributed by atoms with E-state index >= 15 is 0 Å². The van der Waals surface area contributed by atoms with Crippen LogP contribution in [0.4, 0.5) is 0 Å². The fourth-order valence-electron chi connectivity index (χ4n) is 2.40. The molecule has 6 nitrogen and oxygen atoms in total. The summed E-state index contributed by atoms with van der Waals surface area (Å²) in [7, 11) is 1.57. The first-order valence-electron chi connectivity index (χ1n) is 8.42. The smallest absolute Gasteiger partial charge is 0.377 e. The highest BCUT2D eigenvalue weighted by Crippen LogP contribution is 2.36. The Hall–Kier alpha value is -1.01. The van der Waals surface area contributed by atoms with Gasteiger partial charge in [0.25, 0.3) is 0 Å². The van der Waals surface area contributed by atoms with Gasteiger partial charge < -0.3 is 19.0 Å². The van der Waals surface area contributed by atoms with Crippen molar-refractivity contribution >= 4 is 13.9 Å². The minimum Gasteiger partial charge on any atom is -0.377 e. The van der Waals surface area contributed by atoms with E-state index in [0.29, 0.717) is 17.7 Å². The molecule has 0 aromatic heterocycles. The van der Waals surface area contributed by atoms with Crippen molar-refractivity contribution in [2.24, 2.45) is 0 Å². The van der Waals surface area contributed by atoms with Gasteiger partial charge in [0, 0.05) is 13.0 Å². The molecule has 25 heavy (non-hydrogen) atoms. The van der Waals surface area contributed by atoms with E-state index in [0.717, 1.165) is 30.4 Å². The van der Waals surface area contributed by atoms with Crippen molar-refractivity contribution in [2.75, 3.05) is 34.4 Å². The van der Waals surface area contributed by atoms with Gasteiger partial charge in [0.05, 0.1) is 27.7 Å². The normalized spacial score (nSPS) is 13.6. The molecule has 1 rings (SSSR count). The van der Waals surface area contributed by atoms with E-state index in [1.807, 2.05) is 51.5 Å². The third-order valence-electron chi connectivity index (χ3n) is 4.09. The molecular weight excluding hydrogens is 341 g/mol. The Morgan fingerprint density at radius 2 is 1.84 bits per heavy atom. The van der Waals surface area contributed by atoms with Crippen LogP contribution in [0.5, 0.6) is 0 Å². The average molecular weight is 372 g/mol. The summed E-state index contributed by atoms with van der Waals surface area (Å²) in [4.78, 5) is 17.7. The van der Waals surface area contributed by atoms with Crippen molar-refractivity contribution in [3.63, 3.8) is 0 Å². The number of hydrogen-bond donors (Lipinski definition) is 2. The highest BCUT2D eigenvalue weighted by Gasteiger charge is 2.27. The van der Waals surface area contributed by atoms with Gasteiger partial charge in [-0.05, 0) is 24.0 Å². The largest absolute Gasteiger partial charge is 0.469 e. The van der Waals surface area contributed by atoms with E-state index in [9.17, 15) is 4.57 Å². The molecule has 0 aliphatic rings. The summed E-state index contributed by atoms with van der Waals surface area (Å²) in [5, 5.41) is 0. The fraction of sp³-hybridized carbons (Fsp3) is 0.556. The predicted molar refractivity (Wildman–Crippen MR) is 99.9 cm³/mol. The lowest BCUT2D eigenvalue weighted by molar-refractivity contribution is -0.896. The van der Waals surface area contributed by atoms with Gasteiger partial charge in [0.2, 0.25) is 0 Å². The van der Waals surface area contributed by atoms with Crippen molar-refractivity contribution < 1.29 is 28.1 Å². The zero-order valence-corrected chi connectivity index (χ0v) is 16.3. The number of phosphoric ester groups is 1. The van der Waals surface area contributed by atoms with Crippen molar-refractivity contribution in [3.05, 3.63) is 42.0 Å². The molecule has 0 saturated heterocycles. The molecule has 0 fully saturated rings. The van der Waals surface area contributed by atoms with Crippen molar-refractivity contribution in [3.8, 4) is 0 Å². The third-order valence-corrected chi connectivity index (χ3v) is 4.58. The van der Waals surface area contributed by atoms with Gasteiger partial charge in [-0.2, -0.15) is 0 Å². The van der Waals surface area contributed by atoms with Crippen LogP contribution in [0, 0.1) is 0 Å². The van der Waals surface area contributed by atoms with Gasteiger partial charge in [0.15, 0.2) is 0 Å². The molecule has 0 radical (unpaired) electrons. The Morgan fingerprint density at radius 1 is 1.20 bits per heavy atom. The summed E-state index contributed by atoms with van der Waals surface area (Å²) < 4.78 is 21.9. The zero-order chi connectivity index (χ0) is 18.9. The second-order valence-corrected chi connectivity index (χ2v) is 8.29. The number of unbranched alkanes of at least 4 members (excludes halogenated alkanes) is 1.